The van der Waals surface area contributed by atoms with E-state index in [0.29, 0.717) is 6.54 Å². The van der Waals surface area contributed by atoms with Crippen LogP contribution < -0.4 is 0 Å². The van der Waals surface area contributed by atoms with Crippen LogP contribution in [0, 0.1) is 17.2 Å². The average molecular weight is 182 g/mol. The lowest BCUT2D eigenvalue weighted by Gasteiger charge is -2.16. The topological polar surface area (TPSA) is 27.0 Å². The summed E-state index contributed by atoms with van der Waals surface area (Å²) in [5, 5.41) is 8.45. The monoisotopic (exact) mass is 182 g/mol. The third kappa shape index (κ3) is 7.80. The Morgan fingerprint density at radius 2 is 2.08 bits per heavy atom. The van der Waals surface area contributed by atoms with E-state index < -0.39 is 0 Å². The van der Waals surface area contributed by atoms with Crippen LogP contribution >= 0.6 is 0 Å². The minimum absolute atomic E-state index is 0.556. The van der Waals surface area contributed by atoms with Gasteiger partial charge in [-0.05, 0) is 25.9 Å². The maximum absolute atomic E-state index is 8.45. The van der Waals surface area contributed by atoms with Crippen LogP contribution in [0.2, 0.25) is 0 Å². The first kappa shape index (κ1) is 12.4. The van der Waals surface area contributed by atoms with Gasteiger partial charge in [-0.3, -0.25) is 4.90 Å². The third-order valence-electron chi connectivity index (χ3n) is 2.39. The molecule has 2 nitrogen and oxygen atoms in total. The van der Waals surface area contributed by atoms with Crippen molar-refractivity contribution in [3.8, 4) is 6.07 Å². The number of unbranched alkanes of at least 4 members (excludes halogenated alkanes) is 1. The van der Waals surface area contributed by atoms with Crippen LogP contribution in [0.25, 0.3) is 0 Å². The highest BCUT2D eigenvalue weighted by Gasteiger charge is 2.03. The zero-order chi connectivity index (χ0) is 10.1. The summed E-state index contributed by atoms with van der Waals surface area (Å²) in [7, 11) is 2.01. The van der Waals surface area contributed by atoms with Crippen molar-refractivity contribution in [1.82, 2.24) is 4.90 Å². The summed E-state index contributed by atoms with van der Waals surface area (Å²) in [5.41, 5.74) is 0. The van der Waals surface area contributed by atoms with Gasteiger partial charge < -0.3 is 0 Å². The van der Waals surface area contributed by atoms with Crippen LogP contribution in [0.4, 0.5) is 0 Å². The van der Waals surface area contributed by atoms with E-state index in [1.807, 2.05) is 7.05 Å². The Morgan fingerprint density at radius 1 is 1.38 bits per heavy atom. The van der Waals surface area contributed by atoms with Crippen molar-refractivity contribution in [2.24, 2.45) is 5.92 Å². The maximum atomic E-state index is 8.45. The van der Waals surface area contributed by atoms with E-state index >= 15 is 0 Å². The molecule has 1 atom stereocenters. The Balaban J connectivity index is 3.35. The highest BCUT2D eigenvalue weighted by Crippen LogP contribution is 2.11. The Kier molecular flexibility index (Phi) is 7.73. The van der Waals surface area contributed by atoms with Crippen LogP contribution in [0.5, 0.6) is 0 Å². The molecule has 0 saturated carbocycles. The molecule has 0 saturated heterocycles. The van der Waals surface area contributed by atoms with Crippen molar-refractivity contribution in [1.29, 1.82) is 5.26 Å². The SMILES string of the molecule is CCCCC(C)CCN(C)CC#N. The number of nitriles is 1. The van der Waals surface area contributed by atoms with E-state index in [1.165, 1.54) is 25.7 Å². The van der Waals surface area contributed by atoms with Gasteiger partial charge >= 0.3 is 0 Å². The second-order valence-electron chi connectivity index (χ2n) is 3.93. The summed E-state index contributed by atoms with van der Waals surface area (Å²) in [6, 6.07) is 2.16. The molecule has 0 aromatic carbocycles. The highest BCUT2D eigenvalue weighted by atomic mass is 15.1. The quantitative estimate of drug-likeness (QED) is 0.566. The molecule has 0 heterocycles. The van der Waals surface area contributed by atoms with Gasteiger partial charge in [0.15, 0.2) is 0 Å². The van der Waals surface area contributed by atoms with Crippen molar-refractivity contribution >= 4 is 0 Å². The smallest absolute Gasteiger partial charge is 0.0863 e. The first-order valence-corrected chi connectivity index (χ1v) is 5.26. The van der Waals surface area contributed by atoms with Gasteiger partial charge in [-0.25, -0.2) is 0 Å². The fourth-order valence-electron chi connectivity index (χ4n) is 1.34. The van der Waals surface area contributed by atoms with E-state index in [2.05, 4.69) is 24.8 Å². The first-order chi connectivity index (χ1) is 6.20. The Bertz CT molecular complexity index is 149. The van der Waals surface area contributed by atoms with Gasteiger partial charge in [-0.2, -0.15) is 5.26 Å². The minimum Gasteiger partial charge on any atom is -0.294 e. The number of hydrogen-bond acceptors (Lipinski definition) is 2. The molecular formula is C11H22N2. The Labute approximate surface area is 82.5 Å². The predicted molar refractivity (Wildman–Crippen MR) is 56.4 cm³/mol. The Morgan fingerprint density at radius 3 is 2.62 bits per heavy atom. The molecule has 0 aliphatic heterocycles. The predicted octanol–water partition coefficient (Wildman–Crippen LogP) is 2.66. The number of hydrogen-bond donors (Lipinski definition) is 0. The normalized spacial score (nSPS) is 12.8. The van der Waals surface area contributed by atoms with E-state index in [1.54, 1.807) is 0 Å². The van der Waals surface area contributed by atoms with E-state index in [0.717, 1.165) is 12.5 Å². The van der Waals surface area contributed by atoms with E-state index in [-0.39, 0.29) is 0 Å². The molecule has 0 radical (unpaired) electrons. The summed E-state index contributed by atoms with van der Waals surface area (Å²) < 4.78 is 0. The Hall–Kier alpha value is -0.550. The molecule has 0 aromatic rings. The largest absolute Gasteiger partial charge is 0.294 e. The van der Waals surface area contributed by atoms with Crippen molar-refractivity contribution in [3.63, 3.8) is 0 Å². The molecule has 0 spiro atoms. The summed E-state index contributed by atoms with van der Waals surface area (Å²) in [4.78, 5) is 2.09. The molecule has 0 amide bonds. The van der Waals surface area contributed by atoms with Gasteiger partial charge in [0, 0.05) is 0 Å². The summed E-state index contributed by atoms with van der Waals surface area (Å²) >= 11 is 0. The van der Waals surface area contributed by atoms with E-state index in [4.69, 9.17) is 5.26 Å². The van der Waals surface area contributed by atoms with Crippen molar-refractivity contribution in [3.05, 3.63) is 0 Å². The summed E-state index contributed by atoms with van der Waals surface area (Å²) in [5.74, 6) is 0.807. The van der Waals surface area contributed by atoms with Crippen molar-refractivity contribution in [2.75, 3.05) is 20.1 Å². The van der Waals surface area contributed by atoms with Crippen LogP contribution in [0.15, 0.2) is 0 Å². The lowest BCUT2D eigenvalue weighted by atomic mass is 10.0. The molecule has 0 rings (SSSR count). The summed E-state index contributed by atoms with van der Waals surface area (Å²) in [6.45, 7) is 6.14. The van der Waals surface area contributed by atoms with Gasteiger partial charge in [0.25, 0.3) is 0 Å². The summed E-state index contributed by atoms with van der Waals surface area (Å²) in [6.07, 6.45) is 5.18. The van der Waals surface area contributed by atoms with Crippen LogP contribution in [-0.4, -0.2) is 25.0 Å². The molecule has 0 fully saturated rings. The number of rotatable bonds is 7. The zero-order valence-electron chi connectivity index (χ0n) is 9.21. The maximum Gasteiger partial charge on any atom is 0.0863 e. The zero-order valence-corrected chi connectivity index (χ0v) is 9.21. The molecule has 0 N–H and O–H groups in total. The molecule has 2 heteroatoms. The fourth-order valence-corrected chi connectivity index (χ4v) is 1.34. The van der Waals surface area contributed by atoms with Crippen molar-refractivity contribution in [2.45, 2.75) is 39.5 Å². The number of nitrogens with zero attached hydrogens (tertiary/aromatic N) is 2. The van der Waals surface area contributed by atoms with Gasteiger partial charge in [0.05, 0.1) is 12.6 Å². The molecule has 0 aromatic heterocycles. The molecule has 0 bridgehead atoms. The molecule has 1 unspecified atom stereocenters. The molecule has 0 aliphatic rings. The van der Waals surface area contributed by atoms with E-state index in [9.17, 15) is 0 Å². The first-order valence-electron chi connectivity index (χ1n) is 5.26. The van der Waals surface area contributed by atoms with Crippen LogP contribution in [-0.2, 0) is 0 Å². The third-order valence-corrected chi connectivity index (χ3v) is 2.39. The standard InChI is InChI=1S/C11H22N2/c1-4-5-6-11(2)7-9-13(3)10-8-12/h11H,4-7,9-10H2,1-3H3. The molecule has 0 aliphatic carbocycles. The van der Waals surface area contributed by atoms with Gasteiger partial charge in [0.2, 0.25) is 0 Å². The average Bonchev–Trinajstić information content (AvgIpc) is 2.12. The van der Waals surface area contributed by atoms with Crippen molar-refractivity contribution < 1.29 is 0 Å². The van der Waals surface area contributed by atoms with Crippen LogP contribution in [0.3, 0.4) is 0 Å². The van der Waals surface area contributed by atoms with Gasteiger partial charge in [0.1, 0.15) is 0 Å². The fraction of sp³-hybridized carbons (Fsp3) is 0.909. The van der Waals surface area contributed by atoms with Crippen LogP contribution in [0.1, 0.15) is 39.5 Å². The molecular weight excluding hydrogens is 160 g/mol. The lowest BCUT2D eigenvalue weighted by Crippen LogP contribution is -2.21. The minimum atomic E-state index is 0.556. The highest BCUT2D eigenvalue weighted by molar-refractivity contribution is 4.74. The van der Waals surface area contributed by atoms with Gasteiger partial charge in [-0.1, -0.05) is 33.1 Å². The van der Waals surface area contributed by atoms with Gasteiger partial charge in [-0.15, -0.1) is 0 Å². The lowest BCUT2D eigenvalue weighted by molar-refractivity contribution is 0.326. The molecule has 76 valence electrons. The second kappa shape index (κ2) is 8.07. The molecule has 13 heavy (non-hydrogen) atoms. The second-order valence-corrected chi connectivity index (χ2v) is 3.93.